The van der Waals surface area contributed by atoms with Crippen LogP contribution in [0, 0.1) is 0 Å². The van der Waals surface area contributed by atoms with Gasteiger partial charge in [0.15, 0.2) is 11.5 Å². The summed E-state index contributed by atoms with van der Waals surface area (Å²) >= 11 is 0. The lowest BCUT2D eigenvalue weighted by molar-refractivity contribution is 0.0884. The van der Waals surface area contributed by atoms with Gasteiger partial charge in [-0.1, -0.05) is 46.8 Å². The molecule has 0 spiro atoms. The molecule has 1 aromatic rings. The van der Waals surface area contributed by atoms with Gasteiger partial charge in [0.25, 0.3) is 0 Å². The van der Waals surface area contributed by atoms with Crippen LogP contribution in [-0.4, -0.2) is 12.7 Å². The highest BCUT2D eigenvalue weighted by Crippen LogP contribution is 2.31. The van der Waals surface area contributed by atoms with E-state index in [1.54, 1.807) is 0 Å². The summed E-state index contributed by atoms with van der Waals surface area (Å²) in [5, 5.41) is 0. The number of para-hydroxylation sites is 2. The Morgan fingerprint density at radius 1 is 1.06 bits per heavy atom. The lowest BCUT2D eigenvalue weighted by Crippen LogP contribution is -2.28. The average molecular weight is 224 g/mol. The van der Waals surface area contributed by atoms with Crippen molar-refractivity contribution in [1.29, 1.82) is 0 Å². The van der Waals surface area contributed by atoms with Crippen LogP contribution in [0.1, 0.15) is 41.0 Å². The Balaban J connectivity index is 0.000000509. The second-order valence-electron chi connectivity index (χ2n) is 2.91. The summed E-state index contributed by atoms with van der Waals surface area (Å²) in [6.07, 6.45) is 1.22. The maximum absolute atomic E-state index is 5.66. The fourth-order valence-corrected chi connectivity index (χ4v) is 1.26. The zero-order chi connectivity index (χ0) is 12.4. The predicted molar refractivity (Wildman–Crippen MR) is 69.3 cm³/mol. The molecular formula is C14H24O2. The fourth-order valence-electron chi connectivity index (χ4n) is 1.26. The predicted octanol–water partition coefficient (Wildman–Crippen LogP) is 4.29. The molecule has 1 heterocycles. The lowest BCUT2D eigenvalue weighted by Gasteiger charge is -2.25. The van der Waals surface area contributed by atoms with Crippen molar-refractivity contribution in [3.05, 3.63) is 24.3 Å². The van der Waals surface area contributed by atoms with Gasteiger partial charge in [-0.3, -0.25) is 0 Å². The van der Waals surface area contributed by atoms with Crippen molar-refractivity contribution in [2.45, 2.75) is 47.1 Å². The molecule has 0 N–H and O–H groups in total. The molecule has 1 aliphatic rings. The molecule has 1 unspecified atom stereocenters. The summed E-state index contributed by atoms with van der Waals surface area (Å²) in [6, 6.07) is 7.78. The van der Waals surface area contributed by atoms with Crippen LogP contribution in [0.4, 0.5) is 0 Å². The third-order valence-electron chi connectivity index (χ3n) is 2.02. The van der Waals surface area contributed by atoms with Crippen LogP contribution in [0.3, 0.4) is 0 Å². The van der Waals surface area contributed by atoms with Gasteiger partial charge in [-0.15, -0.1) is 0 Å². The van der Waals surface area contributed by atoms with Crippen molar-refractivity contribution in [2.24, 2.45) is 0 Å². The Labute approximate surface area is 99.6 Å². The van der Waals surface area contributed by atoms with E-state index in [-0.39, 0.29) is 6.10 Å². The third kappa shape index (κ3) is 4.13. The summed E-state index contributed by atoms with van der Waals surface area (Å²) < 4.78 is 11.2. The minimum atomic E-state index is 0.222. The number of ether oxygens (including phenoxy) is 2. The van der Waals surface area contributed by atoms with Crippen molar-refractivity contribution in [3.63, 3.8) is 0 Å². The maximum Gasteiger partial charge on any atom is 0.161 e. The molecule has 1 aliphatic heterocycles. The molecule has 2 heteroatoms. The molecule has 2 nitrogen and oxygen atoms in total. The molecule has 0 saturated carbocycles. The minimum Gasteiger partial charge on any atom is -0.486 e. The molecule has 0 aliphatic carbocycles. The fraction of sp³-hybridized carbons (Fsp3) is 0.571. The smallest absolute Gasteiger partial charge is 0.161 e. The van der Waals surface area contributed by atoms with Gasteiger partial charge >= 0.3 is 0 Å². The van der Waals surface area contributed by atoms with E-state index >= 15 is 0 Å². The number of benzene rings is 1. The van der Waals surface area contributed by atoms with E-state index < -0.39 is 0 Å². The van der Waals surface area contributed by atoms with E-state index in [1.807, 2.05) is 52.0 Å². The first-order valence-electron chi connectivity index (χ1n) is 6.28. The second-order valence-corrected chi connectivity index (χ2v) is 2.91. The van der Waals surface area contributed by atoms with Gasteiger partial charge in [-0.05, 0) is 18.6 Å². The summed E-state index contributed by atoms with van der Waals surface area (Å²) in [4.78, 5) is 0. The van der Waals surface area contributed by atoms with E-state index in [4.69, 9.17) is 9.47 Å². The SMILES string of the molecule is CC.CC.CCC1COc2ccccc2O1. The Hall–Kier alpha value is -1.18. The molecule has 2 rings (SSSR count). The molecule has 0 amide bonds. The molecule has 1 atom stereocenters. The zero-order valence-corrected chi connectivity index (χ0v) is 11.1. The first-order chi connectivity index (χ1) is 7.90. The van der Waals surface area contributed by atoms with Gasteiger partial charge in [0.2, 0.25) is 0 Å². The van der Waals surface area contributed by atoms with E-state index in [0.717, 1.165) is 17.9 Å². The highest BCUT2D eigenvalue weighted by atomic mass is 16.6. The van der Waals surface area contributed by atoms with Crippen LogP contribution >= 0.6 is 0 Å². The monoisotopic (exact) mass is 224 g/mol. The summed E-state index contributed by atoms with van der Waals surface area (Å²) in [6.45, 7) is 10.8. The van der Waals surface area contributed by atoms with Crippen LogP contribution in [0.5, 0.6) is 11.5 Å². The molecule has 0 bridgehead atoms. The van der Waals surface area contributed by atoms with Crippen LogP contribution in [-0.2, 0) is 0 Å². The summed E-state index contributed by atoms with van der Waals surface area (Å²) in [7, 11) is 0. The topological polar surface area (TPSA) is 18.5 Å². The van der Waals surface area contributed by atoms with Gasteiger partial charge in [0.05, 0.1) is 0 Å². The molecular weight excluding hydrogens is 200 g/mol. The molecule has 0 radical (unpaired) electrons. The van der Waals surface area contributed by atoms with Crippen molar-refractivity contribution in [1.82, 2.24) is 0 Å². The molecule has 0 aromatic heterocycles. The van der Waals surface area contributed by atoms with Crippen molar-refractivity contribution < 1.29 is 9.47 Å². The summed E-state index contributed by atoms with van der Waals surface area (Å²) in [5.41, 5.74) is 0. The van der Waals surface area contributed by atoms with Gasteiger partial charge in [0, 0.05) is 0 Å². The number of fused-ring (bicyclic) bond motifs is 1. The third-order valence-corrected chi connectivity index (χ3v) is 2.02. The first kappa shape index (κ1) is 14.8. The standard InChI is InChI=1S/C10H12O2.2C2H6/c1-2-8-7-11-9-5-3-4-6-10(9)12-8;2*1-2/h3-6,8H,2,7H2,1H3;2*1-2H3. The van der Waals surface area contributed by atoms with E-state index in [1.165, 1.54) is 0 Å². The van der Waals surface area contributed by atoms with Crippen LogP contribution < -0.4 is 9.47 Å². The van der Waals surface area contributed by atoms with Gasteiger partial charge in [-0.2, -0.15) is 0 Å². The molecule has 16 heavy (non-hydrogen) atoms. The maximum atomic E-state index is 5.66. The van der Waals surface area contributed by atoms with Crippen LogP contribution in [0.15, 0.2) is 24.3 Å². The van der Waals surface area contributed by atoms with Gasteiger partial charge in [0.1, 0.15) is 12.7 Å². The van der Waals surface area contributed by atoms with E-state index in [0.29, 0.717) is 6.61 Å². The second kappa shape index (κ2) is 9.08. The Kier molecular flexibility index (Phi) is 8.41. The number of hydrogen-bond acceptors (Lipinski definition) is 2. The average Bonchev–Trinajstić information content (AvgIpc) is 2.42. The molecule has 0 fully saturated rings. The quantitative estimate of drug-likeness (QED) is 0.708. The number of rotatable bonds is 1. The van der Waals surface area contributed by atoms with Crippen molar-refractivity contribution in [2.75, 3.05) is 6.61 Å². The minimum absolute atomic E-state index is 0.222. The van der Waals surface area contributed by atoms with Crippen LogP contribution in [0.25, 0.3) is 0 Å². The van der Waals surface area contributed by atoms with Crippen LogP contribution in [0.2, 0.25) is 0 Å². The number of hydrogen-bond donors (Lipinski definition) is 0. The van der Waals surface area contributed by atoms with Crippen molar-refractivity contribution >= 4 is 0 Å². The molecule has 1 aromatic carbocycles. The van der Waals surface area contributed by atoms with Gasteiger partial charge < -0.3 is 9.47 Å². The van der Waals surface area contributed by atoms with E-state index in [9.17, 15) is 0 Å². The Morgan fingerprint density at radius 2 is 1.62 bits per heavy atom. The highest BCUT2D eigenvalue weighted by molar-refractivity contribution is 5.40. The molecule has 0 saturated heterocycles. The summed E-state index contributed by atoms with van der Waals surface area (Å²) in [5.74, 6) is 1.73. The first-order valence-corrected chi connectivity index (χ1v) is 6.28. The zero-order valence-electron chi connectivity index (χ0n) is 11.1. The largest absolute Gasteiger partial charge is 0.486 e. The molecule has 92 valence electrons. The van der Waals surface area contributed by atoms with Crippen molar-refractivity contribution in [3.8, 4) is 11.5 Å². The Bertz CT molecular complexity index is 271. The van der Waals surface area contributed by atoms with Gasteiger partial charge in [-0.25, -0.2) is 0 Å². The Morgan fingerprint density at radius 3 is 2.19 bits per heavy atom. The highest BCUT2D eigenvalue weighted by Gasteiger charge is 2.17. The lowest BCUT2D eigenvalue weighted by atomic mass is 10.2. The normalized spacial score (nSPS) is 16.2. The van der Waals surface area contributed by atoms with E-state index in [2.05, 4.69) is 6.92 Å².